The highest BCUT2D eigenvalue weighted by molar-refractivity contribution is 5.85. The van der Waals surface area contributed by atoms with Crippen molar-refractivity contribution in [1.82, 2.24) is 4.98 Å². The van der Waals surface area contributed by atoms with E-state index in [0.29, 0.717) is 0 Å². The molecule has 28 heavy (non-hydrogen) atoms. The molecule has 140 valence electrons. The average Bonchev–Trinajstić information content (AvgIpc) is 3.53. The summed E-state index contributed by atoms with van der Waals surface area (Å²) < 4.78 is 0. The molecule has 4 aliphatic rings. The zero-order valence-electron chi connectivity index (χ0n) is 16.3. The van der Waals surface area contributed by atoms with Crippen molar-refractivity contribution >= 4 is 10.9 Å². The Morgan fingerprint density at radius 2 is 1.54 bits per heavy atom. The smallest absolute Gasteiger partial charge is 0.0744 e. The molecule has 0 saturated heterocycles. The highest BCUT2D eigenvalue weighted by Gasteiger charge is 2.62. The predicted molar refractivity (Wildman–Crippen MR) is 114 cm³/mol. The summed E-state index contributed by atoms with van der Waals surface area (Å²) in [5.74, 6) is 6.93. The standard InChI is InChI=1S/C27H27N/c1-2-5-16(6-3-1)24-12-11-17-7-4-8-21(27(17)28-24)22-14-20-15-23(22)26-19-10-9-18(13-19)25(20)26/h1-8,11-12,18-20,22-23,25-26H,9-10,13-15H2. The Morgan fingerprint density at radius 1 is 0.679 bits per heavy atom. The van der Waals surface area contributed by atoms with Crippen LogP contribution in [0.25, 0.3) is 22.2 Å². The second-order valence-corrected chi connectivity index (χ2v) is 9.97. The number of para-hydroxylation sites is 1. The monoisotopic (exact) mass is 365 g/mol. The van der Waals surface area contributed by atoms with Crippen molar-refractivity contribution in [2.45, 2.75) is 38.0 Å². The van der Waals surface area contributed by atoms with Gasteiger partial charge in [-0.2, -0.15) is 0 Å². The van der Waals surface area contributed by atoms with Gasteiger partial charge in [-0.25, -0.2) is 4.98 Å². The number of pyridine rings is 1. The fourth-order valence-corrected chi connectivity index (χ4v) is 8.16. The van der Waals surface area contributed by atoms with E-state index >= 15 is 0 Å². The summed E-state index contributed by atoms with van der Waals surface area (Å²) in [5.41, 5.74) is 5.15. The van der Waals surface area contributed by atoms with Crippen LogP contribution < -0.4 is 0 Å². The van der Waals surface area contributed by atoms with Crippen LogP contribution in [-0.4, -0.2) is 4.98 Å². The summed E-state index contributed by atoms with van der Waals surface area (Å²) in [4.78, 5) is 5.21. The molecule has 3 aromatic rings. The number of rotatable bonds is 2. The van der Waals surface area contributed by atoms with Crippen LogP contribution in [-0.2, 0) is 0 Å². The van der Waals surface area contributed by atoms with Gasteiger partial charge in [-0.05, 0) is 85.2 Å². The molecule has 4 saturated carbocycles. The lowest BCUT2D eigenvalue weighted by molar-refractivity contribution is 0.131. The molecule has 0 radical (unpaired) electrons. The van der Waals surface area contributed by atoms with Gasteiger partial charge in [-0.3, -0.25) is 0 Å². The third-order valence-corrected chi connectivity index (χ3v) is 8.95. The van der Waals surface area contributed by atoms with E-state index < -0.39 is 0 Å². The highest BCUT2D eigenvalue weighted by atomic mass is 14.7. The predicted octanol–water partition coefficient (Wildman–Crippen LogP) is 6.69. The third kappa shape index (κ3) is 2.05. The first-order chi connectivity index (χ1) is 13.9. The molecule has 0 N–H and O–H groups in total. The number of hydrogen-bond acceptors (Lipinski definition) is 1. The van der Waals surface area contributed by atoms with E-state index in [-0.39, 0.29) is 0 Å². The molecule has 4 bridgehead atoms. The second-order valence-electron chi connectivity index (χ2n) is 9.97. The Bertz CT molecular complexity index is 1050. The average molecular weight is 366 g/mol. The quantitative estimate of drug-likeness (QED) is 0.461. The first-order valence-electron chi connectivity index (χ1n) is 11.3. The summed E-state index contributed by atoms with van der Waals surface area (Å²) in [5, 5.41) is 1.31. The fourth-order valence-electron chi connectivity index (χ4n) is 8.16. The van der Waals surface area contributed by atoms with Crippen molar-refractivity contribution in [1.29, 1.82) is 0 Å². The largest absolute Gasteiger partial charge is 0.247 e. The van der Waals surface area contributed by atoms with Gasteiger partial charge >= 0.3 is 0 Å². The van der Waals surface area contributed by atoms with E-state index in [2.05, 4.69) is 60.7 Å². The molecular formula is C27H27N. The van der Waals surface area contributed by atoms with Crippen molar-refractivity contribution in [3.63, 3.8) is 0 Å². The molecule has 7 rings (SSSR count). The molecular weight excluding hydrogens is 338 g/mol. The maximum atomic E-state index is 5.21. The molecule has 1 heterocycles. The SMILES string of the molecule is c1ccc(-c2ccc3cccc(C4CC5CC4C4C6CCC(C6)C54)c3n2)cc1. The van der Waals surface area contributed by atoms with E-state index in [0.717, 1.165) is 47.1 Å². The second kappa shape index (κ2) is 5.69. The summed E-state index contributed by atoms with van der Waals surface area (Å²) in [7, 11) is 0. The van der Waals surface area contributed by atoms with Crippen LogP contribution in [0.1, 0.15) is 43.6 Å². The summed E-state index contributed by atoms with van der Waals surface area (Å²) >= 11 is 0. The van der Waals surface area contributed by atoms with Gasteiger partial charge in [0.1, 0.15) is 0 Å². The number of fused-ring (bicyclic) bond motifs is 10. The number of nitrogens with zero attached hydrogens (tertiary/aromatic N) is 1. The molecule has 1 heteroatoms. The first kappa shape index (κ1) is 15.7. The van der Waals surface area contributed by atoms with Crippen molar-refractivity contribution in [2.75, 3.05) is 0 Å². The van der Waals surface area contributed by atoms with E-state index in [1.54, 1.807) is 12.0 Å². The van der Waals surface area contributed by atoms with Crippen LogP contribution >= 0.6 is 0 Å². The topological polar surface area (TPSA) is 12.9 Å². The lowest BCUT2D eigenvalue weighted by Crippen LogP contribution is -2.31. The number of benzene rings is 2. The molecule has 0 amide bonds. The molecule has 2 aromatic carbocycles. The lowest BCUT2D eigenvalue weighted by Gasteiger charge is -2.39. The number of aromatic nitrogens is 1. The molecule has 0 aliphatic heterocycles. The van der Waals surface area contributed by atoms with Crippen molar-refractivity contribution in [3.05, 3.63) is 66.2 Å². The zero-order valence-corrected chi connectivity index (χ0v) is 16.3. The fraction of sp³-hybridized carbons (Fsp3) is 0.444. The summed E-state index contributed by atoms with van der Waals surface area (Å²) in [6.45, 7) is 0. The van der Waals surface area contributed by atoms with Crippen LogP contribution in [0.4, 0.5) is 0 Å². The van der Waals surface area contributed by atoms with E-state index in [4.69, 9.17) is 4.98 Å². The van der Waals surface area contributed by atoms with Crippen molar-refractivity contribution in [2.24, 2.45) is 35.5 Å². The van der Waals surface area contributed by atoms with Gasteiger partial charge in [0.15, 0.2) is 0 Å². The van der Waals surface area contributed by atoms with Crippen molar-refractivity contribution in [3.8, 4) is 11.3 Å². The van der Waals surface area contributed by atoms with E-state index in [1.165, 1.54) is 42.1 Å². The van der Waals surface area contributed by atoms with Crippen molar-refractivity contribution < 1.29 is 0 Å². The lowest BCUT2D eigenvalue weighted by atomic mass is 9.66. The Hall–Kier alpha value is -2.15. The van der Waals surface area contributed by atoms with Gasteiger partial charge in [-0.1, -0.05) is 54.6 Å². The molecule has 4 fully saturated rings. The van der Waals surface area contributed by atoms with Gasteiger partial charge in [-0.15, -0.1) is 0 Å². The molecule has 7 unspecified atom stereocenters. The third-order valence-electron chi connectivity index (χ3n) is 8.95. The number of hydrogen-bond donors (Lipinski definition) is 0. The molecule has 1 aromatic heterocycles. The maximum Gasteiger partial charge on any atom is 0.0744 e. The molecule has 1 nitrogen and oxygen atoms in total. The summed E-state index contributed by atoms with van der Waals surface area (Å²) in [6.07, 6.45) is 7.54. The minimum atomic E-state index is 0.743. The maximum absolute atomic E-state index is 5.21. The summed E-state index contributed by atoms with van der Waals surface area (Å²) in [6, 6.07) is 22.0. The van der Waals surface area contributed by atoms with E-state index in [9.17, 15) is 0 Å². The Morgan fingerprint density at radius 3 is 2.43 bits per heavy atom. The van der Waals surface area contributed by atoms with E-state index in [1.807, 2.05) is 0 Å². The highest BCUT2D eigenvalue weighted by Crippen LogP contribution is 2.70. The van der Waals surface area contributed by atoms with Crippen LogP contribution in [0.5, 0.6) is 0 Å². The van der Waals surface area contributed by atoms with Gasteiger partial charge in [0.25, 0.3) is 0 Å². The van der Waals surface area contributed by atoms with Crippen LogP contribution in [0, 0.1) is 35.5 Å². The first-order valence-corrected chi connectivity index (χ1v) is 11.3. The van der Waals surface area contributed by atoms with Gasteiger partial charge < -0.3 is 0 Å². The Balaban J connectivity index is 1.32. The van der Waals surface area contributed by atoms with Crippen LogP contribution in [0.2, 0.25) is 0 Å². The van der Waals surface area contributed by atoms with Crippen LogP contribution in [0.3, 0.4) is 0 Å². The Kier molecular flexibility index (Phi) is 3.20. The molecule has 4 aliphatic carbocycles. The van der Waals surface area contributed by atoms with Crippen LogP contribution in [0.15, 0.2) is 60.7 Å². The normalized spacial score (nSPS) is 37.6. The minimum absolute atomic E-state index is 0.743. The molecule has 7 atom stereocenters. The van der Waals surface area contributed by atoms with Gasteiger partial charge in [0.05, 0.1) is 11.2 Å². The zero-order chi connectivity index (χ0) is 18.2. The molecule has 0 spiro atoms. The minimum Gasteiger partial charge on any atom is -0.247 e. The van der Waals surface area contributed by atoms with Gasteiger partial charge in [0, 0.05) is 10.9 Å². The van der Waals surface area contributed by atoms with Gasteiger partial charge in [0.2, 0.25) is 0 Å². The Labute approximate surface area is 167 Å².